The summed E-state index contributed by atoms with van der Waals surface area (Å²) in [5.74, 6) is -0.565. The third kappa shape index (κ3) is 9.59. The van der Waals surface area contributed by atoms with Gasteiger partial charge in [0.15, 0.2) is 0 Å². The molecule has 4 aromatic rings. The van der Waals surface area contributed by atoms with E-state index in [2.05, 4.69) is 11.5 Å². The highest BCUT2D eigenvalue weighted by Crippen LogP contribution is 2.33. The Morgan fingerprint density at radius 2 is 1.70 bits per heavy atom. The molecule has 0 aliphatic carbocycles. The standard InChI is InChI=1S/C36H40Cl2N4O5/c1-4-5-18-42-21-31(29-16-13-27(37)20-30(29)38)40-34(42)32(41(3)35(44)23(2)6-17-33(39)43)19-24-9-14-28(15-10-24)47-22-25-7-11-26(12-8-25)36(45)46/h7-16,20-21,23,32H,4-6,17-19,22H2,1-3H3,(H2,39,43)(H,45,46)/t23?,32-/m0/s1. The van der Waals surface area contributed by atoms with Crippen molar-refractivity contribution in [2.45, 2.75) is 65.1 Å². The first-order chi connectivity index (χ1) is 22.5. The van der Waals surface area contributed by atoms with Crippen LogP contribution in [0.4, 0.5) is 0 Å². The first-order valence-electron chi connectivity index (χ1n) is 15.6. The van der Waals surface area contributed by atoms with E-state index >= 15 is 0 Å². The number of unbranched alkanes of at least 4 members (excludes halogenated alkanes) is 1. The molecular weight excluding hydrogens is 639 g/mol. The predicted octanol–water partition coefficient (Wildman–Crippen LogP) is 7.58. The van der Waals surface area contributed by atoms with E-state index in [9.17, 15) is 14.4 Å². The highest BCUT2D eigenvalue weighted by atomic mass is 35.5. The number of hydrogen-bond acceptors (Lipinski definition) is 5. The van der Waals surface area contributed by atoms with Gasteiger partial charge in [-0.2, -0.15) is 0 Å². The fraction of sp³-hybridized carbons (Fsp3) is 0.333. The van der Waals surface area contributed by atoms with E-state index in [4.69, 9.17) is 43.8 Å². The Morgan fingerprint density at radius 1 is 1.02 bits per heavy atom. The summed E-state index contributed by atoms with van der Waals surface area (Å²) in [5.41, 5.74) is 8.84. The van der Waals surface area contributed by atoms with E-state index in [0.29, 0.717) is 40.9 Å². The number of hydrogen-bond donors (Lipinski definition) is 2. The summed E-state index contributed by atoms with van der Waals surface area (Å²) in [4.78, 5) is 43.1. The Kier molecular flexibility index (Phi) is 12.4. The summed E-state index contributed by atoms with van der Waals surface area (Å²) in [7, 11) is 1.77. The zero-order valence-corrected chi connectivity index (χ0v) is 28.3. The van der Waals surface area contributed by atoms with Crippen molar-refractivity contribution in [3.8, 4) is 17.0 Å². The topological polar surface area (TPSA) is 128 Å². The Balaban J connectivity index is 1.63. The maximum atomic E-state index is 13.7. The van der Waals surface area contributed by atoms with Gasteiger partial charge in [0.1, 0.15) is 18.2 Å². The number of likely N-dealkylation sites (N-methyl/N-ethyl adjacent to an activating group) is 1. The van der Waals surface area contributed by atoms with Crippen LogP contribution in [0.25, 0.3) is 11.3 Å². The largest absolute Gasteiger partial charge is 0.489 e. The fourth-order valence-electron chi connectivity index (χ4n) is 5.27. The Bertz CT molecular complexity index is 1690. The number of nitrogens with two attached hydrogens (primary N) is 1. The molecule has 4 rings (SSSR count). The molecule has 47 heavy (non-hydrogen) atoms. The summed E-state index contributed by atoms with van der Waals surface area (Å²) in [6, 6.07) is 19.1. The minimum absolute atomic E-state index is 0.110. The quantitative estimate of drug-likeness (QED) is 0.126. The van der Waals surface area contributed by atoms with E-state index in [1.807, 2.05) is 43.5 Å². The molecule has 0 radical (unpaired) electrons. The molecule has 0 aliphatic rings. The lowest BCUT2D eigenvalue weighted by molar-refractivity contribution is -0.136. The molecule has 3 aromatic carbocycles. The van der Waals surface area contributed by atoms with Crippen molar-refractivity contribution in [2.75, 3.05) is 7.05 Å². The average Bonchev–Trinajstić information content (AvgIpc) is 3.47. The summed E-state index contributed by atoms with van der Waals surface area (Å²) in [6.07, 6.45) is 4.82. The van der Waals surface area contributed by atoms with E-state index < -0.39 is 23.8 Å². The Morgan fingerprint density at radius 3 is 2.32 bits per heavy atom. The minimum atomic E-state index is -0.975. The van der Waals surface area contributed by atoms with Crippen LogP contribution in [0.15, 0.2) is 72.9 Å². The number of aromatic carboxylic acids is 1. The molecule has 0 saturated carbocycles. The molecule has 1 aromatic heterocycles. The first-order valence-corrected chi connectivity index (χ1v) is 16.3. The van der Waals surface area contributed by atoms with Crippen LogP contribution >= 0.6 is 23.2 Å². The van der Waals surface area contributed by atoms with Gasteiger partial charge in [0.2, 0.25) is 11.8 Å². The van der Waals surface area contributed by atoms with Crippen LogP contribution in [-0.4, -0.2) is 44.4 Å². The molecule has 1 heterocycles. The molecule has 2 atom stereocenters. The summed E-state index contributed by atoms with van der Waals surface area (Å²) >= 11 is 12.7. The zero-order chi connectivity index (χ0) is 34.1. The van der Waals surface area contributed by atoms with Gasteiger partial charge in [0.05, 0.1) is 22.3 Å². The number of imidazole rings is 1. The molecule has 2 amide bonds. The second-order valence-electron chi connectivity index (χ2n) is 11.7. The monoisotopic (exact) mass is 678 g/mol. The SMILES string of the molecule is CCCCn1cc(-c2ccc(Cl)cc2Cl)nc1[C@H](Cc1ccc(OCc2ccc(C(=O)O)cc2)cc1)N(C)C(=O)C(C)CCC(N)=O. The van der Waals surface area contributed by atoms with Crippen LogP contribution in [0.5, 0.6) is 5.75 Å². The van der Waals surface area contributed by atoms with Crippen molar-refractivity contribution in [1.82, 2.24) is 14.5 Å². The number of carbonyl (C=O) groups excluding carboxylic acids is 2. The number of carboxylic acid groups (broad SMARTS) is 1. The second-order valence-corrected chi connectivity index (χ2v) is 12.5. The molecule has 1 unspecified atom stereocenters. The van der Waals surface area contributed by atoms with Gasteiger partial charge in [-0.3, -0.25) is 9.59 Å². The van der Waals surface area contributed by atoms with Crippen molar-refractivity contribution in [2.24, 2.45) is 11.7 Å². The number of nitrogens with zero attached hydrogens (tertiary/aromatic N) is 3. The molecule has 0 bridgehead atoms. The van der Waals surface area contributed by atoms with Crippen LogP contribution in [0, 0.1) is 5.92 Å². The van der Waals surface area contributed by atoms with E-state index in [0.717, 1.165) is 35.4 Å². The summed E-state index contributed by atoms with van der Waals surface area (Å²) < 4.78 is 8.04. The number of ether oxygens (including phenoxy) is 1. The lowest BCUT2D eigenvalue weighted by Crippen LogP contribution is -2.37. The number of carboxylic acids is 1. The Labute approximate surface area is 285 Å². The molecular formula is C36H40Cl2N4O5. The van der Waals surface area contributed by atoms with Crippen molar-refractivity contribution < 1.29 is 24.2 Å². The Hall–Kier alpha value is -4.34. The maximum absolute atomic E-state index is 13.7. The molecule has 0 aliphatic heterocycles. The number of halogens is 2. The van der Waals surface area contributed by atoms with Gasteiger partial charge < -0.3 is 25.0 Å². The van der Waals surface area contributed by atoms with Crippen LogP contribution in [-0.2, 0) is 29.2 Å². The van der Waals surface area contributed by atoms with Gasteiger partial charge in [0, 0.05) is 49.1 Å². The van der Waals surface area contributed by atoms with Crippen molar-refractivity contribution >= 4 is 41.0 Å². The van der Waals surface area contributed by atoms with Gasteiger partial charge in [-0.05, 0) is 66.4 Å². The first kappa shape index (κ1) is 35.5. The van der Waals surface area contributed by atoms with Crippen LogP contribution in [0.3, 0.4) is 0 Å². The van der Waals surface area contributed by atoms with Crippen LogP contribution in [0.1, 0.15) is 72.9 Å². The molecule has 0 saturated heterocycles. The molecule has 3 N–H and O–H groups in total. The number of rotatable bonds is 16. The highest BCUT2D eigenvalue weighted by molar-refractivity contribution is 6.36. The van der Waals surface area contributed by atoms with Crippen LogP contribution in [0.2, 0.25) is 10.0 Å². The molecule has 11 heteroatoms. The number of aryl methyl sites for hydroxylation is 1. The predicted molar refractivity (Wildman–Crippen MR) is 184 cm³/mol. The molecule has 0 fully saturated rings. The minimum Gasteiger partial charge on any atom is -0.489 e. The maximum Gasteiger partial charge on any atom is 0.335 e. The van der Waals surface area contributed by atoms with Gasteiger partial charge in [0.25, 0.3) is 0 Å². The molecule has 9 nitrogen and oxygen atoms in total. The van der Waals surface area contributed by atoms with Gasteiger partial charge in [-0.15, -0.1) is 0 Å². The summed E-state index contributed by atoms with van der Waals surface area (Å²) in [5, 5.41) is 10.1. The normalized spacial score (nSPS) is 12.4. The van der Waals surface area contributed by atoms with E-state index in [1.165, 1.54) is 0 Å². The molecule has 0 spiro atoms. The number of amides is 2. The van der Waals surface area contributed by atoms with Crippen molar-refractivity contribution in [3.05, 3.63) is 105 Å². The van der Waals surface area contributed by atoms with Crippen molar-refractivity contribution in [3.63, 3.8) is 0 Å². The molecule has 248 valence electrons. The second kappa shape index (κ2) is 16.5. The zero-order valence-electron chi connectivity index (χ0n) is 26.8. The van der Waals surface area contributed by atoms with Crippen molar-refractivity contribution in [1.29, 1.82) is 0 Å². The van der Waals surface area contributed by atoms with Crippen LogP contribution < -0.4 is 10.5 Å². The van der Waals surface area contributed by atoms with Gasteiger partial charge >= 0.3 is 5.97 Å². The number of primary amides is 1. The lowest BCUT2D eigenvalue weighted by Gasteiger charge is -2.31. The van der Waals surface area contributed by atoms with E-state index in [-0.39, 0.29) is 24.5 Å². The average molecular weight is 680 g/mol. The third-order valence-corrected chi connectivity index (χ3v) is 8.63. The summed E-state index contributed by atoms with van der Waals surface area (Å²) in [6.45, 7) is 4.92. The van der Waals surface area contributed by atoms with Gasteiger partial charge in [-0.1, -0.05) is 67.7 Å². The van der Waals surface area contributed by atoms with Gasteiger partial charge in [-0.25, -0.2) is 9.78 Å². The lowest BCUT2D eigenvalue weighted by atomic mass is 9.99. The third-order valence-electron chi connectivity index (χ3n) is 8.08. The number of benzene rings is 3. The fourth-order valence-corrected chi connectivity index (χ4v) is 5.78. The number of carbonyl (C=O) groups is 3. The number of aromatic nitrogens is 2. The smallest absolute Gasteiger partial charge is 0.335 e. The van der Waals surface area contributed by atoms with E-state index in [1.54, 1.807) is 48.3 Å². The highest BCUT2D eigenvalue weighted by Gasteiger charge is 2.30.